The summed E-state index contributed by atoms with van der Waals surface area (Å²) >= 11 is 1.21. The number of carboxylic acids is 1. The molecule has 43 heavy (non-hydrogen) atoms. The molecule has 2 aromatic rings. The molecule has 0 saturated heterocycles. The summed E-state index contributed by atoms with van der Waals surface area (Å²) in [6, 6.07) is 8.91. The Labute approximate surface area is 259 Å². The molecule has 10 nitrogen and oxygen atoms in total. The van der Waals surface area contributed by atoms with Gasteiger partial charge < -0.3 is 25.4 Å². The minimum absolute atomic E-state index is 0.0315. The Kier molecular flexibility index (Phi) is 14.6. The fourth-order valence-corrected chi connectivity index (χ4v) is 5.64. The lowest BCUT2D eigenvalue weighted by Gasteiger charge is -2.34. The van der Waals surface area contributed by atoms with E-state index in [1.807, 2.05) is 51.1 Å². The van der Waals surface area contributed by atoms with Crippen LogP contribution in [0.15, 0.2) is 35.7 Å². The number of nitrogens with one attached hydrogen (secondary N) is 2. The van der Waals surface area contributed by atoms with Crippen LogP contribution in [0.3, 0.4) is 0 Å². The summed E-state index contributed by atoms with van der Waals surface area (Å²) in [5, 5.41) is 17.1. The summed E-state index contributed by atoms with van der Waals surface area (Å²) in [4.78, 5) is 56.8. The van der Waals surface area contributed by atoms with Crippen molar-refractivity contribution in [3.05, 3.63) is 52.0 Å². The van der Waals surface area contributed by atoms with Crippen LogP contribution in [-0.4, -0.2) is 64.5 Å². The third-order valence-corrected chi connectivity index (χ3v) is 8.59. The molecule has 11 heteroatoms. The zero-order valence-electron chi connectivity index (χ0n) is 26.5. The van der Waals surface area contributed by atoms with Crippen LogP contribution in [0.2, 0.25) is 0 Å². The molecular formula is C32H48N4O6S. The first kappa shape index (κ1) is 35.7. The lowest BCUT2D eigenvalue weighted by Crippen LogP contribution is -2.42. The molecule has 0 aliphatic rings. The SMILES string of the molecule is CCNC(=O)OC(C[C@H](C(C)C)N(C)C(=O)C[C@@H](C)CC)c1nc(C(=O)N[C@@H](Cc2ccccc2)C[C@H](C)C(=O)O)cs1. The number of rotatable bonds is 17. The number of carbonyl (C=O) groups excluding carboxylic acids is 3. The number of ether oxygens (including phenoxy) is 1. The van der Waals surface area contributed by atoms with Crippen LogP contribution < -0.4 is 10.6 Å². The van der Waals surface area contributed by atoms with Crippen LogP contribution in [0.25, 0.3) is 0 Å². The van der Waals surface area contributed by atoms with Gasteiger partial charge in [-0.3, -0.25) is 14.4 Å². The lowest BCUT2D eigenvalue weighted by atomic mass is 9.95. The standard InChI is InChI=1S/C32H48N4O6S/c1-8-21(5)15-28(37)36(7)26(20(3)4)18-27(42-32(41)33-9-2)30-35-25(19-43-30)29(38)34-24(16-22(6)31(39)40)17-23-13-11-10-12-14-23/h10-14,19-22,24,26-27H,8-9,15-18H2,1-7H3,(H,33,41)(H,34,38)(H,39,40)/t21-,22-,24+,26+,27?/m0/s1. The maximum absolute atomic E-state index is 13.3. The number of hydrogen-bond acceptors (Lipinski definition) is 7. The molecule has 5 atom stereocenters. The Balaban J connectivity index is 2.29. The monoisotopic (exact) mass is 616 g/mol. The predicted octanol–water partition coefficient (Wildman–Crippen LogP) is 5.69. The quantitative estimate of drug-likeness (QED) is 0.208. The molecule has 0 radical (unpaired) electrons. The van der Waals surface area contributed by atoms with Gasteiger partial charge in [0.2, 0.25) is 5.91 Å². The Bertz CT molecular complexity index is 1190. The van der Waals surface area contributed by atoms with Gasteiger partial charge in [0.15, 0.2) is 6.10 Å². The average molecular weight is 617 g/mol. The maximum atomic E-state index is 13.3. The van der Waals surface area contributed by atoms with Crippen LogP contribution in [0.5, 0.6) is 0 Å². The third kappa shape index (κ3) is 11.6. The van der Waals surface area contributed by atoms with Gasteiger partial charge in [-0.2, -0.15) is 0 Å². The summed E-state index contributed by atoms with van der Waals surface area (Å²) < 4.78 is 5.78. The highest BCUT2D eigenvalue weighted by atomic mass is 32.1. The number of thiazole rings is 1. The Morgan fingerprint density at radius 1 is 1.05 bits per heavy atom. The highest BCUT2D eigenvalue weighted by Crippen LogP contribution is 2.31. The van der Waals surface area contributed by atoms with E-state index in [1.54, 1.807) is 31.2 Å². The van der Waals surface area contributed by atoms with Crippen molar-refractivity contribution in [2.24, 2.45) is 17.8 Å². The van der Waals surface area contributed by atoms with Crippen LogP contribution >= 0.6 is 11.3 Å². The van der Waals surface area contributed by atoms with Crippen molar-refractivity contribution in [3.63, 3.8) is 0 Å². The normalized spacial score (nSPS) is 14.7. The summed E-state index contributed by atoms with van der Waals surface area (Å²) in [7, 11) is 1.78. The van der Waals surface area contributed by atoms with E-state index in [1.165, 1.54) is 11.3 Å². The Morgan fingerprint density at radius 3 is 2.30 bits per heavy atom. The van der Waals surface area contributed by atoms with Crippen molar-refractivity contribution in [3.8, 4) is 0 Å². The molecule has 1 aromatic carbocycles. The molecule has 0 spiro atoms. The fraction of sp³-hybridized carbons (Fsp3) is 0.594. The molecular weight excluding hydrogens is 568 g/mol. The largest absolute Gasteiger partial charge is 0.481 e. The molecule has 1 heterocycles. The average Bonchev–Trinajstić information content (AvgIpc) is 3.45. The van der Waals surface area contributed by atoms with Gasteiger partial charge in [-0.25, -0.2) is 9.78 Å². The highest BCUT2D eigenvalue weighted by Gasteiger charge is 2.32. The molecule has 0 bridgehead atoms. The van der Waals surface area contributed by atoms with Crippen molar-refractivity contribution in [2.75, 3.05) is 13.6 Å². The molecule has 238 valence electrons. The van der Waals surface area contributed by atoms with Crippen molar-refractivity contribution < 1.29 is 29.0 Å². The van der Waals surface area contributed by atoms with Gasteiger partial charge in [0, 0.05) is 43.9 Å². The first-order chi connectivity index (χ1) is 20.4. The summed E-state index contributed by atoms with van der Waals surface area (Å²) in [5.74, 6) is -1.65. The summed E-state index contributed by atoms with van der Waals surface area (Å²) in [6.07, 6.45) is 0.996. The summed E-state index contributed by atoms with van der Waals surface area (Å²) in [6.45, 7) is 11.9. The number of carboxylic acid groups (broad SMARTS) is 1. The van der Waals surface area contributed by atoms with E-state index in [0.717, 1.165) is 12.0 Å². The second kappa shape index (κ2) is 17.6. The lowest BCUT2D eigenvalue weighted by molar-refractivity contribution is -0.141. The van der Waals surface area contributed by atoms with E-state index in [4.69, 9.17) is 4.74 Å². The van der Waals surface area contributed by atoms with Gasteiger partial charge >= 0.3 is 12.1 Å². The number of carbonyl (C=O) groups is 4. The van der Waals surface area contributed by atoms with E-state index in [2.05, 4.69) is 22.5 Å². The minimum Gasteiger partial charge on any atom is -0.481 e. The predicted molar refractivity (Wildman–Crippen MR) is 168 cm³/mol. The molecule has 3 amide bonds. The van der Waals surface area contributed by atoms with Gasteiger partial charge in [0.1, 0.15) is 10.7 Å². The van der Waals surface area contributed by atoms with Crippen molar-refractivity contribution >= 4 is 35.2 Å². The number of benzene rings is 1. The van der Waals surface area contributed by atoms with E-state index < -0.39 is 36.0 Å². The second-order valence-corrected chi connectivity index (χ2v) is 12.5. The number of aliphatic carboxylic acids is 1. The number of nitrogens with zero attached hydrogens (tertiary/aromatic N) is 2. The smallest absolute Gasteiger partial charge is 0.407 e. The number of hydrogen-bond donors (Lipinski definition) is 3. The topological polar surface area (TPSA) is 138 Å². The maximum Gasteiger partial charge on any atom is 0.407 e. The van der Waals surface area contributed by atoms with E-state index in [9.17, 15) is 24.3 Å². The van der Waals surface area contributed by atoms with Gasteiger partial charge in [0.25, 0.3) is 5.91 Å². The first-order valence-corrected chi connectivity index (χ1v) is 16.0. The minimum atomic E-state index is -0.930. The van der Waals surface area contributed by atoms with Crippen molar-refractivity contribution in [1.29, 1.82) is 0 Å². The molecule has 0 saturated carbocycles. The molecule has 0 aliphatic carbocycles. The number of amides is 3. The van der Waals surface area contributed by atoms with E-state index in [-0.39, 0.29) is 35.9 Å². The molecule has 3 N–H and O–H groups in total. The van der Waals surface area contributed by atoms with E-state index >= 15 is 0 Å². The van der Waals surface area contributed by atoms with Gasteiger partial charge in [0.05, 0.1) is 5.92 Å². The number of alkyl carbamates (subject to hydrolysis) is 1. The van der Waals surface area contributed by atoms with Gasteiger partial charge in [-0.1, -0.05) is 71.4 Å². The molecule has 2 rings (SSSR count). The Hall–Kier alpha value is -3.47. The first-order valence-electron chi connectivity index (χ1n) is 15.1. The van der Waals surface area contributed by atoms with Crippen LogP contribution in [0, 0.1) is 17.8 Å². The summed E-state index contributed by atoms with van der Waals surface area (Å²) in [5.41, 5.74) is 1.14. The van der Waals surface area contributed by atoms with Crippen LogP contribution in [-0.2, 0) is 20.7 Å². The van der Waals surface area contributed by atoms with E-state index in [0.29, 0.717) is 30.8 Å². The van der Waals surface area contributed by atoms with Crippen LogP contribution in [0.1, 0.15) is 94.4 Å². The molecule has 0 fully saturated rings. The second-order valence-electron chi connectivity index (χ2n) is 11.6. The highest BCUT2D eigenvalue weighted by molar-refractivity contribution is 7.09. The molecule has 1 unspecified atom stereocenters. The Morgan fingerprint density at radius 2 is 1.72 bits per heavy atom. The number of aromatic nitrogens is 1. The molecule has 1 aromatic heterocycles. The molecule has 0 aliphatic heterocycles. The fourth-order valence-electron chi connectivity index (χ4n) is 4.80. The zero-order valence-corrected chi connectivity index (χ0v) is 27.3. The van der Waals surface area contributed by atoms with Gasteiger partial charge in [-0.15, -0.1) is 11.3 Å². The zero-order chi connectivity index (χ0) is 32.1. The third-order valence-electron chi connectivity index (χ3n) is 7.66. The van der Waals surface area contributed by atoms with Crippen LogP contribution in [0.4, 0.5) is 4.79 Å². The van der Waals surface area contributed by atoms with Gasteiger partial charge in [-0.05, 0) is 37.2 Å². The van der Waals surface area contributed by atoms with Crippen molar-refractivity contribution in [2.45, 2.75) is 91.8 Å². The van der Waals surface area contributed by atoms with Crippen molar-refractivity contribution in [1.82, 2.24) is 20.5 Å².